The van der Waals surface area contributed by atoms with Gasteiger partial charge in [-0.2, -0.15) is 0 Å². The lowest BCUT2D eigenvalue weighted by Crippen LogP contribution is -2.53. The van der Waals surface area contributed by atoms with Crippen molar-refractivity contribution in [2.24, 2.45) is 0 Å². The molecule has 1 N–H and O–H groups in total. The fraction of sp³-hybridized carbons (Fsp3) is 0.923. The number of carbonyl (C=O) groups excluding carboxylic acids is 1. The van der Waals surface area contributed by atoms with Crippen LogP contribution in [0.25, 0.3) is 0 Å². The van der Waals surface area contributed by atoms with E-state index in [1.165, 1.54) is 7.11 Å². The Kier molecular flexibility index (Phi) is 7.39. The molecule has 4 heteroatoms. The summed E-state index contributed by atoms with van der Waals surface area (Å²) in [4.78, 5) is 11.8. The molecule has 2 unspecified atom stereocenters. The number of ether oxygens (including phenoxy) is 2. The van der Waals surface area contributed by atoms with Crippen LogP contribution in [0, 0.1) is 0 Å². The van der Waals surface area contributed by atoms with Crippen molar-refractivity contribution < 1.29 is 14.3 Å². The summed E-state index contributed by atoms with van der Waals surface area (Å²) in [5.74, 6) is -0.237. The second kappa shape index (κ2) is 7.67. The van der Waals surface area contributed by atoms with Crippen molar-refractivity contribution in [1.82, 2.24) is 5.32 Å². The van der Waals surface area contributed by atoms with Crippen LogP contribution >= 0.6 is 0 Å². The van der Waals surface area contributed by atoms with E-state index in [2.05, 4.69) is 12.2 Å². The van der Waals surface area contributed by atoms with Gasteiger partial charge in [-0.15, -0.1) is 0 Å². The van der Waals surface area contributed by atoms with E-state index in [4.69, 9.17) is 9.47 Å². The number of carbonyl (C=O) groups is 1. The Morgan fingerprint density at radius 1 is 1.35 bits per heavy atom. The average molecular weight is 245 g/mol. The van der Waals surface area contributed by atoms with Crippen molar-refractivity contribution in [3.63, 3.8) is 0 Å². The maximum absolute atomic E-state index is 11.8. The summed E-state index contributed by atoms with van der Waals surface area (Å²) >= 11 is 0. The summed E-state index contributed by atoms with van der Waals surface area (Å²) in [6.45, 7) is 10.6. The number of rotatable bonds is 8. The predicted molar refractivity (Wildman–Crippen MR) is 69.0 cm³/mol. The van der Waals surface area contributed by atoms with Gasteiger partial charge < -0.3 is 9.47 Å². The first-order valence-corrected chi connectivity index (χ1v) is 6.33. The van der Waals surface area contributed by atoms with E-state index in [1.54, 1.807) is 0 Å². The molecule has 4 nitrogen and oxygen atoms in total. The summed E-state index contributed by atoms with van der Waals surface area (Å²) < 4.78 is 10.5. The van der Waals surface area contributed by atoms with Crippen molar-refractivity contribution in [2.45, 2.75) is 65.1 Å². The molecule has 0 amide bonds. The second-order valence-corrected chi connectivity index (χ2v) is 4.96. The number of esters is 1. The Balaban J connectivity index is 4.34. The van der Waals surface area contributed by atoms with E-state index in [0.29, 0.717) is 13.0 Å². The predicted octanol–water partition coefficient (Wildman–Crippen LogP) is 2.12. The average Bonchev–Trinajstić information content (AvgIpc) is 2.26. The molecule has 0 aromatic rings. The van der Waals surface area contributed by atoms with Crippen molar-refractivity contribution in [1.29, 1.82) is 0 Å². The van der Waals surface area contributed by atoms with Gasteiger partial charge in [0.1, 0.15) is 5.54 Å². The first kappa shape index (κ1) is 16.4. The summed E-state index contributed by atoms with van der Waals surface area (Å²) in [6.07, 6.45) is 1.82. The lowest BCUT2D eigenvalue weighted by molar-refractivity contribution is -0.149. The summed E-state index contributed by atoms with van der Waals surface area (Å²) in [6, 6.07) is 0.225. The fourth-order valence-electron chi connectivity index (χ4n) is 1.68. The molecule has 0 aromatic heterocycles. The molecule has 0 saturated carbocycles. The van der Waals surface area contributed by atoms with Gasteiger partial charge in [0, 0.05) is 12.6 Å². The van der Waals surface area contributed by atoms with Gasteiger partial charge in [0.2, 0.25) is 0 Å². The summed E-state index contributed by atoms with van der Waals surface area (Å²) in [7, 11) is 1.41. The van der Waals surface area contributed by atoms with E-state index in [1.807, 2.05) is 27.7 Å². The molecule has 0 radical (unpaired) electrons. The van der Waals surface area contributed by atoms with Gasteiger partial charge >= 0.3 is 5.97 Å². The molecule has 2 atom stereocenters. The van der Waals surface area contributed by atoms with Crippen LogP contribution < -0.4 is 5.32 Å². The maximum atomic E-state index is 11.8. The highest BCUT2D eigenvalue weighted by Gasteiger charge is 2.34. The Hall–Kier alpha value is -0.610. The highest BCUT2D eigenvalue weighted by molar-refractivity contribution is 5.80. The molecular weight excluding hydrogens is 218 g/mol. The standard InChI is InChI=1S/C13H27NO3/c1-7-11(4)17-9-8-13(5,12(15)16-6)14-10(2)3/h10-11,14H,7-9H2,1-6H3. The zero-order chi connectivity index (χ0) is 13.5. The van der Waals surface area contributed by atoms with E-state index in [9.17, 15) is 4.79 Å². The van der Waals surface area contributed by atoms with Crippen LogP contribution in [0.15, 0.2) is 0 Å². The number of hydrogen-bond acceptors (Lipinski definition) is 4. The lowest BCUT2D eigenvalue weighted by Gasteiger charge is -2.30. The molecule has 0 rings (SSSR count). The van der Waals surface area contributed by atoms with Gasteiger partial charge in [-0.25, -0.2) is 0 Å². The van der Waals surface area contributed by atoms with Crippen LogP contribution in [-0.4, -0.2) is 37.4 Å². The van der Waals surface area contributed by atoms with E-state index in [-0.39, 0.29) is 18.1 Å². The third-order valence-electron chi connectivity index (χ3n) is 2.82. The molecule has 17 heavy (non-hydrogen) atoms. The third kappa shape index (κ3) is 6.03. The van der Waals surface area contributed by atoms with Gasteiger partial charge in [-0.05, 0) is 40.5 Å². The van der Waals surface area contributed by atoms with Crippen molar-refractivity contribution >= 4 is 5.97 Å². The van der Waals surface area contributed by atoms with Crippen LogP contribution in [0.3, 0.4) is 0 Å². The molecule has 0 saturated heterocycles. The first-order valence-electron chi connectivity index (χ1n) is 6.33. The minimum atomic E-state index is -0.670. The van der Waals surface area contributed by atoms with Gasteiger partial charge in [-0.1, -0.05) is 6.92 Å². The molecule has 0 aliphatic rings. The SMILES string of the molecule is CCC(C)OCCC(C)(NC(C)C)C(=O)OC. The zero-order valence-electron chi connectivity index (χ0n) is 12.0. The Morgan fingerprint density at radius 3 is 2.35 bits per heavy atom. The largest absolute Gasteiger partial charge is 0.468 e. The summed E-state index contributed by atoms with van der Waals surface area (Å²) in [5, 5.41) is 3.24. The zero-order valence-corrected chi connectivity index (χ0v) is 12.0. The molecule has 0 fully saturated rings. The molecular formula is C13H27NO3. The molecule has 0 aliphatic carbocycles. The fourth-order valence-corrected chi connectivity index (χ4v) is 1.68. The van der Waals surface area contributed by atoms with Gasteiger partial charge in [-0.3, -0.25) is 10.1 Å². The van der Waals surface area contributed by atoms with E-state index in [0.717, 1.165) is 6.42 Å². The minimum absolute atomic E-state index is 0.225. The van der Waals surface area contributed by atoms with Crippen LogP contribution in [-0.2, 0) is 14.3 Å². The molecule has 0 spiro atoms. The first-order chi connectivity index (χ1) is 7.85. The van der Waals surface area contributed by atoms with Crippen molar-refractivity contribution in [3.8, 4) is 0 Å². The Morgan fingerprint density at radius 2 is 1.94 bits per heavy atom. The van der Waals surface area contributed by atoms with E-state index < -0.39 is 5.54 Å². The van der Waals surface area contributed by atoms with Crippen LogP contribution in [0.5, 0.6) is 0 Å². The number of nitrogens with one attached hydrogen (secondary N) is 1. The quantitative estimate of drug-likeness (QED) is 0.665. The summed E-state index contributed by atoms with van der Waals surface area (Å²) in [5.41, 5.74) is -0.670. The molecule has 0 aromatic carbocycles. The van der Waals surface area contributed by atoms with Gasteiger partial charge in [0.15, 0.2) is 0 Å². The highest BCUT2D eigenvalue weighted by atomic mass is 16.5. The number of hydrogen-bond donors (Lipinski definition) is 1. The highest BCUT2D eigenvalue weighted by Crippen LogP contribution is 2.14. The molecule has 0 heterocycles. The Bertz CT molecular complexity index is 231. The molecule has 0 bridgehead atoms. The van der Waals surface area contributed by atoms with Gasteiger partial charge in [0.05, 0.1) is 13.2 Å². The monoisotopic (exact) mass is 245 g/mol. The molecule has 102 valence electrons. The molecule has 0 aliphatic heterocycles. The maximum Gasteiger partial charge on any atom is 0.325 e. The lowest BCUT2D eigenvalue weighted by atomic mass is 9.97. The van der Waals surface area contributed by atoms with Crippen molar-refractivity contribution in [2.75, 3.05) is 13.7 Å². The van der Waals surface area contributed by atoms with Crippen LogP contribution in [0.4, 0.5) is 0 Å². The van der Waals surface area contributed by atoms with Crippen LogP contribution in [0.2, 0.25) is 0 Å². The topological polar surface area (TPSA) is 47.6 Å². The van der Waals surface area contributed by atoms with Crippen LogP contribution in [0.1, 0.15) is 47.5 Å². The van der Waals surface area contributed by atoms with Crippen molar-refractivity contribution in [3.05, 3.63) is 0 Å². The third-order valence-corrected chi connectivity index (χ3v) is 2.82. The van der Waals surface area contributed by atoms with Gasteiger partial charge in [0.25, 0.3) is 0 Å². The Labute approximate surface area is 105 Å². The number of methoxy groups -OCH3 is 1. The van der Waals surface area contributed by atoms with E-state index >= 15 is 0 Å². The second-order valence-electron chi connectivity index (χ2n) is 4.96. The minimum Gasteiger partial charge on any atom is -0.468 e. The normalized spacial score (nSPS) is 16.6. The smallest absolute Gasteiger partial charge is 0.325 e.